The first kappa shape index (κ1) is 18.9. The van der Waals surface area contributed by atoms with E-state index in [-0.39, 0.29) is 12.1 Å². The largest absolute Gasteiger partial charge is 0.463 e. The number of rotatable bonds is 13. The van der Waals surface area contributed by atoms with E-state index in [1.807, 2.05) is 12.2 Å². The van der Waals surface area contributed by atoms with Gasteiger partial charge >= 0.3 is 5.97 Å². The minimum atomic E-state index is -0.143. The summed E-state index contributed by atoms with van der Waals surface area (Å²) in [6.07, 6.45) is 18.1. The predicted molar refractivity (Wildman–Crippen MR) is 86.7 cm³/mol. The van der Waals surface area contributed by atoms with Crippen molar-refractivity contribution in [3.63, 3.8) is 0 Å². The number of hydrogen-bond donors (Lipinski definition) is 0. The fraction of sp³-hybridized carbons (Fsp3) is 0.722. The second-order valence-electron chi connectivity index (χ2n) is 5.38. The Morgan fingerprint density at radius 1 is 1.10 bits per heavy atom. The quantitative estimate of drug-likeness (QED) is 0.250. The van der Waals surface area contributed by atoms with Crippen LogP contribution in [0.2, 0.25) is 0 Å². The maximum atomic E-state index is 11.0. The standard InChI is InChI=1S/C18H32O2/c1-4-6-7-8-9-10-11-12-13-14-16-18(15-5-2)20-17(3)19/h4,6-7,18H,1,5,8-16H2,2-3H3/b7-6+. The van der Waals surface area contributed by atoms with Gasteiger partial charge in [0.2, 0.25) is 0 Å². The Labute approximate surface area is 125 Å². The van der Waals surface area contributed by atoms with Crippen LogP contribution >= 0.6 is 0 Å². The Balaban J connectivity index is 3.42. The van der Waals surface area contributed by atoms with Gasteiger partial charge < -0.3 is 4.74 Å². The van der Waals surface area contributed by atoms with Gasteiger partial charge in [-0.3, -0.25) is 4.79 Å². The lowest BCUT2D eigenvalue weighted by Gasteiger charge is -2.15. The fourth-order valence-corrected chi connectivity index (χ4v) is 2.35. The van der Waals surface area contributed by atoms with Crippen molar-refractivity contribution in [2.45, 2.75) is 84.2 Å². The first-order valence-electron chi connectivity index (χ1n) is 8.15. The van der Waals surface area contributed by atoms with Crippen LogP contribution in [0.1, 0.15) is 78.1 Å². The van der Waals surface area contributed by atoms with Gasteiger partial charge in [0.05, 0.1) is 0 Å². The number of unbranched alkanes of at least 4 members (excludes halogenated alkanes) is 6. The molecule has 0 spiro atoms. The highest BCUT2D eigenvalue weighted by Crippen LogP contribution is 2.14. The Kier molecular flexibility index (Phi) is 13.6. The minimum absolute atomic E-state index is 0.140. The zero-order valence-corrected chi connectivity index (χ0v) is 13.4. The maximum absolute atomic E-state index is 11.0. The summed E-state index contributed by atoms with van der Waals surface area (Å²) in [5, 5.41) is 0. The number of ether oxygens (including phenoxy) is 1. The van der Waals surface area contributed by atoms with Gasteiger partial charge in [-0.25, -0.2) is 0 Å². The molecule has 0 fully saturated rings. The molecular weight excluding hydrogens is 248 g/mol. The topological polar surface area (TPSA) is 26.3 Å². The summed E-state index contributed by atoms with van der Waals surface area (Å²) < 4.78 is 5.32. The molecule has 2 nitrogen and oxygen atoms in total. The Morgan fingerprint density at radius 3 is 2.35 bits per heavy atom. The van der Waals surface area contributed by atoms with Crippen molar-refractivity contribution in [2.24, 2.45) is 0 Å². The highest BCUT2D eigenvalue weighted by Gasteiger charge is 2.10. The van der Waals surface area contributed by atoms with Crippen molar-refractivity contribution >= 4 is 5.97 Å². The molecule has 20 heavy (non-hydrogen) atoms. The molecule has 0 aliphatic rings. The average molecular weight is 280 g/mol. The summed E-state index contributed by atoms with van der Waals surface area (Å²) in [6, 6.07) is 0. The normalized spacial score (nSPS) is 12.5. The number of esters is 1. The van der Waals surface area contributed by atoms with Crippen LogP contribution in [0.25, 0.3) is 0 Å². The molecule has 0 saturated heterocycles. The van der Waals surface area contributed by atoms with Crippen molar-refractivity contribution in [2.75, 3.05) is 0 Å². The summed E-state index contributed by atoms with van der Waals surface area (Å²) in [6.45, 7) is 7.30. The Morgan fingerprint density at radius 2 is 1.75 bits per heavy atom. The molecule has 1 atom stereocenters. The molecule has 1 unspecified atom stereocenters. The van der Waals surface area contributed by atoms with Crippen molar-refractivity contribution in [1.82, 2.24) is 0 Å². The summed E-state index contributed by atoms with van der Waals surface area (Å²) in [5.74, 6) is -0.143. The summed E-state index contributed by atoms with van der Waals surface area (Å²) in [4.78, 5) is 11.0. The van der Waals surface area contributed by atoms with Crippen molar-refractivity contribution < 1.29 is 9.53 Å². The van der Waals surface area contributed by atoms with Gasteiger partial charge in [0.15, 0.2) is 0 Å². The molecule has 0 heterocycles. The number of carbonyl (C=O) groups is 1. The molecule has 116 valence electrons. The van der Waals surface area contributed by atoms with E-state index in [9.17, 15) is 4.79 Å². The molecule has 0 bridgehead atoms. The molecule has 2 heteroatoms. The van der Waals surface area contributed by atoms with Gasteiger partial charge in [0.25, 0.3) is 0 Å². The first-order valence-corrected chi connectivity index (χ1v) is 8.15. The van der Waals surface area contributed by atoms with Gasteiger partial charge in [-0.05, 0) is 32.1 Å². The van der Waals surface area contributed by atoms with E-state index < -0.39 is 0 Å². The third kappa shape index (κ3) is 13.4. The van der Waals surface area contributed by atoms with Crippen LogP contribution in [0, 0.1) is 0 Å². The summed E-state index contributed by atoms with van der Waals surface area (Å²) in [5.41, 5.74) is 0. The van der Waals surface area contributed by atoms with E-state index in [1.54, 1.807) is 0 Å². The van der Waals surface area contributed by atoms with Crippen molar-refractivity contribution in [3.8, 4) is 0 Å². The minimum Gasteiger partial charge on any atom is -0.463 e. The van der Waals surface area contributed by atoms with Gasteiger partial charge in [0.1, 0.15) is 6.10 Å². The number of hydrogen-bond acceptors (Lipinski definition) is 2. The predicted octanol–water partition coefficient (Wildman–Crippen LogP) is 5.58. The van der Waals surface area contributed by atoms with E-state index in [4.69, 9.17) is 4.74 Å². The smallest absolute Gasteiger partial charge is 0.302 e. The maximum Gasteiger partial charge on any atom is 0.302 e. The Bertz CT molecular complexity index is 269. The van der Waals surface area contributed by atoms with E-state index >= 15 is 0 Å². The fourth-order valence-electron chi connectivity index (χ4n) is 2.35. The molecule has 0 N–H and O–H groups in total. The lowest BCUT2D eigenvalue weighted by molar-refractivity contribution is -0.147. The Hall–Kier alpha value is -1.05. The van der Waals surface area contributed by atoms with Gasteiger partial charge in [-0.15, -0.1) is 0 Å². The molecule has 0 radical (unpaired) electrons. The molecule has 0 rings (SSSR count). The second kappa shape index (κ2) is 14.4. The molecular formula is C18H32O2. The van der Waals surface area contributed by atoms with Crippen molar-refractivity contribution in [3.05, 3.63) is 24.8 Å². The van der Waals surface area contributed by atoms with E-state index in [1.165, 1.54) is 45.4 Å². The number of allylic oxidation sites excluding steroid dienone is 3. The molecule has 0 saturated carbocycles. The van der Waals surface area contributed by atoms with Gasteiger partial charge in [-0.2, -0.15) is 0 Å². The molecule has 0 aromatic rings. The highest BCUT2D eigenvalue weighted by atomic mass is 16.5. The molecule has 0 aromatic heterocycles. The molecule has 0 aromatic carbocycles. The van der Waals surface area contributed by atoms with Crippen LogP contribution in [0.15, 0.2) is 24.8 Å². The van der Waals surface area contributed by atoms with Crippen LogP contribution in [0.4, 0.5) is 0 Å². The molecule has 0 aliphatic heterocycles. The first-order chi connectivity index (χ1) is 9.70. The van der Waals surface area contributed by atoms with Crippen LogP contribution < -0.4 is 0 Å². The SMILES string of the molecule is C=C/C=C/CCCCCCCCC(CCC)OC(C)=O. The van der Waals surface area contributed by atoms with Crippen LogP contribution in [-0.2, 0) is 9.53 Å². The van der Waals surface area contributed by atoms with Crippen molar-refractivity contribution in [1.29, 1.82) is 0 Å². The third-order valence-electron chi connectivity index (χ3n) is 3.36. The monoisotopic (exact) mass is 280 g/mol. The molecule has 0 amide bonds. The van der Waals surface area contributed by atoms with Crippen LogP contribution in [-0.4, -0.2) is 12.1 Å². The van der Waals surface area contributed by atoms with Gasteiger partial charge in [0, 0.05) is 6.92 Å². The van der Waals surface area contributed by atoms with E-state index in [2.05, 4.69) is 19.6 Å². The molecule has 0 aliphatic carbocycles. The van der Waals surface area contributed by atoms with Crippen LogP contribution in [0.5, 0.6) is 0 Å². The lowest BCUT2D eigenvalue weighted by atomic mass is 10.0. The lowest BCUT2D eigenvalue weighted by Crippen LogP contribution is -2.15. The summed E-state index contributed by atoms with van der Waals surface area (Å²) in [7, 11) is 0. The second-order valence-corrected chi connectivity index (χ2v) is 5.38. The highest BCUT2D eigenvalue weighted by molar-refractivity contribution is 5.66. The van der Waals surface area contributed by atoms with E-state index in [0.29, 0.717) is 0 Å². The average Bonchev–Trinajstić information content (AvgIpc) is 2.40. The summed E-state index contributed by atoms with van der Waals surface area (Å²) >= 11 is 0. The van der Waals surface area contributed by atoms with Crippen LogP contribution in [0.3, 0.4) is 0 Å². The van der Waals surface area contributed by atoms with Gasteiger partial charge in [-0.1, -0.05) is 63.8 Å². The van der Waals surface area contributed by atoms with E-state index in [0.717, 1.165) is 25.7 Å². The number of carbonyl (C=O) groups excluding carboxylic acids is 1. The zero-order chi connectivity index (χ0) is 15.1. The third-order valence-corrected chi connectivity index (χ3v) is 3.36. The zero-order valence-electron chi connectivity index (χ0n) is 13.4.